The van der Waals surface area contributed by atoms with E-state index >= 15 is 0 Å². The normalized spacial score (nSPS) is 11.4. The molecule has 0 N–H and O–H groups in total. The van der Waals surface area contributed by atoms with Gasteiger partial charge in [-0.05, 0) is 36.4 Å². The highest BCUT2D eigenvalue weighted by Crippen LogP contribution is 2.23. The van der Waals surface area contributed by atoms with Crippen molar-refractivity contribution in [2.24, 2.45) is 7.05 Å². The van der Waals surface area contributed by atoms with Crippen LogP contribution in [0.15, 0.2) is 71.5 Å². The number of nitrogens with zero attached hydrogens (tertiary/aromatic N) is 3. The van der Waals surface area contributed by atoms with Crippen LogP contribution in [-0.2, 0) is 7.05 Å². The molecule has 0 unspecified atom stereocenters. The van der Waals surface area contributed by atoms with E-state index in [1.807, 2.05) is 49.6 Å². The van der Waals surface area contributed by atoms with Gasteiger partial charge in [0.1, 0.15) is 5.58 Å². The van der Waals surface area contributed by atoms with Gasteiger partial charge in [0.15, 0.2) is 5.76 Å². The minimum absolute atomic E-state index is 0.180. The van der Waals surface area contributed by atoms with Crippen LogP contribution in [-0.4, -0.2) is 20.5 Å². The predicted molar refractivity (Wildman–Crippen MR) is 96.0 cm³/mol. The standard InChI is InChI=1S/C20H15N3O2/c1-23-13-16(20(22-23)14-8-10-21-11-9-14)6-7-17(24)19-12-15-4-2-3-5-18(15)25-19/h2-13H,1H3/b7-6+. The Morgan fingerprint density at radius 1 is 1.16 bits per heavy atom. The monoisotopic (exact) mass is 329 g/mol. The smallest absolute Gasteiger partial charge is 0.221 e. The lowest BCUT2D eigenvalue weighted by molar-refractivity contribution is 0.102. The van der Waals surface area contributed by atoms with Crippen molar-refractivity contribution < 1.29 is 9.21 Å². The molecule has 0 aliphatic rings. The van der Waals surface area contributed by atoms with Crippen LogP contribution in [0, 0.1) is 0 Å². The van der Waals surface area contributed by atoms with E-state index in [1.54, 1.807) is 29.2 Å². The van der Waals surface area contributed by atoms with Crippen LogP contribution >= 0.6 is 0 Å². The number of rotatable bonds is 4. The minimum Gasteiger partial charge on any atom is -0.453 e. The Morgan fingerprint density at radius 2 is 1.96 bits per heavy atom. The predicted octanol–water partition coefficient (Wildman–Crippen LogP) is 4.12. The van der Waals surface area contributed by atoms with Gasteiger partial charge in [0, 0.05) is 42.2 Å². The molecular weight excluding hydrogens is 314 g/mol. The summed E-state index contributed by atoms with van der Waals surface area (Å²) in [5.41, 5.74) is 3.32. The summed E-state index contributed by atoms with van der Waals surface area (Å²) in [6.07, 6.45) is 8.59. The van der Waals surface area contributed by atoms with Gasteiger partial charge in [-0.25, -0.2) is 0 Å². The number of carbonyl (C=O) groups excluding carboxylic acids is 1. The number of carbonyl (C=O) groups is 1. The average molecular weight is 329 g/mol. The number of benzene rings is 1. The Labute approximate surface area is 144 Å². The van der Waals surface area contributed by atoms with E-state index in [0.29, 0.717) is 11.3 Å². The minimum atomic E-state index is -0.180. The lowest BCUT2D eigenvalue weighted by atomic mass is 10.1. The highest BCUT2D eigenvalue weighted by molar-refractivity contribution is 6.07. The fourth-order valence-electron chi connectivity index (χ4n) is 2.71. The molecule has 0 amide bonds. The molecule has 122 valence electrons. The topological polar surface area (TPSA) is 60.9 Å². The second-order valence-corrected chi connectivity index (χ2v) is 5.69. The van der Waals surface area contributed by atoms with E-state index < -0.39 is 0 Å². The van der Waals surface area contributed by atoms with Crippen molar-refractivity contribution in [2.45, 2.75) is 0 Å². The first-order valence-corrected chi connectivity index (χ1v) is 7.86. The molecule has 0 bridgehead atoms. The molecule has 25 heavy (non-hydrogen) atoms. The van der Waals surface area contributed by atoms with E-state index in [4.69, 9.17) is 4.42 Å². The Balaban J connectivity index is 1.64. The van der Waals surface area contributed by atoms with Crippen LogP contribution in [0.3, 0.4) is 0 Å². The summed E-state index contributed by atoms with van der Waals surface area (Å²) in [7, 11) is 1.85. The molecule has 0 atom stereocenters. The Hall–Kier alpha value is -3.47. The molecule has 0 spiro atoms. The third kappa shape index (κ3) is 2.99. The summed E-state index contributed by atoms with van der Waals surface area (Å²) in [6, 6.07) is 13.1. The van der Waals surface area contributed by atoms with Gasteiger partial charge in [0.25, 0.3) is 0 Å². The molecule has 0 radical (unpaired) electrons. The van der Waals surface area contributed by atoms with Gasteiger partial charge in [-0.2, -0.15) is 5.10 Å². The van der Waals surface area contributed by atoms with Crippen LogP contribution in [0.5, 0.6) is 0 Å². The number of hydrogen-bond donors (Lipinski definition) is 0. The van der Waals surface area contributed by atoms with E-state index in [1.165, 1.54) is 6.08 Å². The fourth-order valence-corrected chi connectivity index (χ4v) is 2.71. The molecule has 1 aromatic carbocycles. The van der Waals surface area contributed by atoms with Crippen LogP contribution in [0.1, 0.15) is 16.1 Å². The summed E-state index contributed by atoms with van der Waals surface area (Å²) in [4.78, 5) is 16.4. The number of aromatic nitrogens is 3. The zero-order valence-corrected chi connectivity index (χ0v) is 13.6. The zero-order valence-electron chi connectivity index (χ0n) is 13.6. The van der Waals surface area contributed by atoms with Crippen molar-refractivity contribution in [1.82, 2.24) is 14.8 Å². The summed E-state index contributed by atoms with van der Waals surface area (Å²) < 4.78 is 7.33. The number of aryl methyl sites for hydroxylation is 1. The average Bonchev–Trinajstić information content (AvgIpc) is 3.23. The molecule has 0 saturated carbocycles. The Kier molecular flexibility index (Phi) is 3.74. The zero-order chi connectivity index (χ0) is 17.2. The molecule has 4 rings (SSSR count). The summed E-state index contributed by atoms with van der Waals surface area (Å²) >= 11 is 0. The van der Waals surface area contributed by atoms with Crippen LogP contribution in [0.2, 0.25) is 0 Å². The number of fused-ring (bicyclic) bond motifs is 1. The number of hydrogen-bond acceptors (Lipinski definition) is 4. The van der Waals surface area contributed by atoms with Gasteiger partial charge in [-0.3, -0.25) is 14.5 Å². The molecule has 4 aromatic rings. The van der Waals surface area contributed by atoms with Gasteiger partial charge in [-0.1, -0.05) is 18.2 Å². The van der Waals surface area contributed by atoms with Gasteiger partial charge < -0.3 is 4.42 Å². The molecule has 5 heteroatoms. The van der Waals surface area contributed by atoms with E-state index in [9.17, 15) is 4.79 Å². The van der Waals surface area contributed by atoms with Gasteiger partial charge in [0.2, 0.25) is 5.78 Å². The number of para-hydroxylation sites is 1. The SMILES string of the molecule is Cn1cc(/C=C/C(=O)c2cc3ccccc3o2)c(-c2ccncc2)n1. The number of pyridine rings is 1. The van der Waals surface area contributed by atoms with Gasteiger partial charge >= 0.3 is 0 Å². The Morgan fingerprint density at radius 3 is 2.76 bits per heavy atom. The van der Waals surface area contributed by atoms with Crippen molar-refractivity contribution in [1.29, 1.82) is 0 Å². The second kappa shape index (κ2) is 6.20. The number of allylic oxidation sites excluding steroid dienone is 1. The maximum Gasteiger partial charge on any atom is 0.221 e. The first-order valence-electron chi connectivity index (χ1n) is 7.86. The van der Waals surface area contributed by atoms with Crippen LogP contribution < -0.4 is 0 Å². The van der Waals surface area contributed by atoms with Crippen LogP contribution in [0.4, 0.5) is 0 Å². The first-order chi connectivity index (χ1) is 12.2. The van der Waals surface area contributed by atoms with E-state index in [-0.39, 0.29) is 5.78 Å². The molecule has 3 aromatic heterocycles. The van der Waals surface area contributed by atoms with Crippen molar-refractivity contribution in [2.75, 3.05) is 0 Å². The van der Waals surface area contributed by atoms with Crippen molar-refractivity contribution in [3.8, 4) is 11.3 Å². The molecule has 5 nitrogen and oxygen atoms in total. The largest absolute Gasteiger partial charge is 0.453 e. The molecule has 0 fully saturated rings. The second-order valence-electron chi connectivity index (χ2n) is 5.69. The molecule has 0 aliphatic carbocycles. The number of furan rings is 1. The van der Waals surface area contributed by atoms with E-state index in [2.05, 4.69) is 10.1 Å². The summed E-state index contributed by atoms with van der Waals surface area (Å²) in [6.45, 7) is 0. The van der Waals surface area contributed by atoms with Crippen molar-refractivity contribution >= 4 is 22.8 Å². The molecule has 3 heterocycles. The lowest BCUT2D eigenvalue weighted by Gasteiger charge is -1.97. The third-order valence-corrected chi connectivity index (χ3v) is 3.89. The maximum absolute atomic E-state index is 12.4. The van der Waals surface area contributed by atoms with E-state index in [0.717, 1.165) is 22.2 Å². The first kappa shape index (κ1) is 15.1. The highest BCUT2D eigenvalue weighted by Gasteiger charge is 2.11. The quantitative estimate of drug-likeness (QED) is 0.417. The van der Waals surface area contributed by atoms with Crippen molar-refractivity contribution in [3.05, 3.63) is 78.5 Å². The Bertz CT molecular complexity index is 1040. The lowest BCUT2D eigenvalue weighted by Crippen LogP contribution is -1.90. The highest BCUT2D eigenvalue weighted by atomic mass is 16.3. The molecule has 0 saturated heterocycles. The summed E-state index contributed by atoms with van der Waals surface area (Å²) in [5.74, 6) is 0.146. The van der Waals surface area contributed by atoms with Gasteiger partial charge in [0.05, 0.1) is 5.69 Å². The molecular formula is C20H15N3O2. The van der Waals surface area contributed by atoms with Crippen LogP contribution in [0.25, 0.3) is 28.3 Å². The summed E-state index contributed by atoms with van der Waals surface area (Å²) in [5, 5.41) is 5.38. The fraction of sp³-hybridized carbons (Fsp3) is 0.0500. The maximum atomic E-state index is 12.4. The third-order valence-electron chi connectivity index (χ3n) is 3.89. The van der Waals surface area contributed by atoms with Gasteiger partial charge in [-0.15, -0.1) is 0 Å². The molecule has 0 aliphatic heterocycles. The number of ketones is 1. The van der Waals surface area contributed by atoms with Crippen molar-refractivity contribution in [3.63, 3.8) is 0 Å².